The Morgan fingerprint density at radius 2 is 1.88 bits per heavy atom. The number of rotatable bonds is 8. The summed E-state index contributed by atoms with van der Waals surface area (Å²) in [6.45, 7) is 6.45. The summed E-state index contributed by atoms with van der Waals surface area (Å²) in [5.74, 6) is 0.340. The van der Waals surface area contributed by atoms with Crippen LogP contribution in [0.3, 0.4) is 0 Å². The Labute approximate surface area is 129 Å². The van der Waals surface area contributed by atoms with Crippen LogP contribution in [-0.2, 0) is 9.59 Å². The first kappa shape index (κ1) is 18.8. The molecule has 92 valence electrons. The van der Waals surface area contributed by atoms with Crippen molar-refractivity contribution in [3.63, 3.8) is 0 Å². The molecule has 0 aliphatic rings. The fraction of sp³-hybridized carbons (Fsp3) is 0.833. The molecule has 16 heavy (non-hydrogen) atoms. The van der Waals surface area contributed by atoms with Crippen LogP contribution >= 0.6 is 0 Å². The van der Waals surface area contributed by atoms with E-state index in [1.165, 1.54) is 19.8 Å². The first-order chi connectivity index (χ1) is 7.10. The van der Waals surface area contributed by atoms with Gasteiger partial charge in [-0.05, 0) is 19.3 Å². The molecule has 0 aliphatic heterocycles. The zero-order valence-electron chi connectivity index (χ0n) is 10.1. The summed E-state index contributed by atoms with van der Waals surface area (Å²) in [6.07, 6.45) is 4.66. The molecule has 0 saturated carbocycles. The zero-order valence-corrected chi connectivity index (χ0v) is 10.1. The molecule has 0 aromatic rings. The van der Waals surface area contributed by atoms with E-state index in [1.807, 2.05) is 0 Å². The molecule has 0 fully saturated rings. The van der Waals surface area contributed by atoms with Crippen LogP contribution in [0.25, 0.3) is 0 Å². The van der Waals surface area contributed by atoms with E-state index in [2.05, 4.69) is 19.2 Å². The third kappa shape index (κ3) is 10.9. The zero-order chi connectivity index (χ0) is 11.7. The predicted molar refractivity (Wildman–Crippen MR) is 70.2 cm³/mol. The van der Waals surface area contributed by atoms with Gasteiger partial charge in [0.05, 0.1) is 6.42 Å². The fourth-order valence-electron chi connectivity index (χ4n) is 1.49. The average Bonchev–Trinajstić information content (AvgIpc) is 2.17. The van der Waals surface area contributed by atoms with E-state index < -0.39 is 0 Å². The summed E-state index contributed by atoms with van der Waals surface area (Å²) in [4.78, 5) is 21.9. The number of Topliss-reactive ketones (excluding diaryl/α,β-unsaturated/α-hetero) is 1. The van der Waals surface area contributed by atoms with Crippen LogP contribution in [0.1, 0.15) is 52.9 Å². The number of amides is 1. The molecule has 0 heterocycles. The van der Waals surface area contributed by atoms with Crippen LogP contribution in [0.5, 0.6) is 0 Å². The summed E-state index contributed by atoms with van der Waals surface area (Å²) >= 11 is 0. The summed E-state index contributed by atoms with van der Waals surface area (Å²) in [6, 6.07) is 0. The van der Waals surface area contributed by atoms with Gasteiger partial charge in [-0.3, -0.25) is 9.59 Å². The van der Waals surface area contributed by atoms with E-state index in [0.717, 1.165) is 12.8 Å². The molecular formula is C12H25CaNO2. The molecule has 3 nitrogen and oxygen atoms in total. The second-order valence-corrected chi connectivity index (χ2v) is 4.10. The monoisotopic (exact) mass is 255 g/mol. The minimum absolute atomic E-state index is 0. The molecule has 0 aromatic carbocycles. The third-order valence-corrected chi connectivity index (χ3v) is 2.54. The van der Waals surface area contributed by atoms with Crippen molar-refractivity contribution in [2.45, 2.75) is 52.9 Å². The Morgan fingerprint density at radius 3 is 2.31 bits per heavy atom. The summed E-state index contributed by atoms with van der Waals surface area (Å²) in [7, 11) is 0. The van der Waals surface area contributed by atoms with Crippen LogP contribution in [0.15, 0.2) is 0 Å². The Balaban J connectivity index is 0. The van der Waals surface area contributed by atoms with Crippen LogP contribution in [0, 0.1) is 5.92 Å². The van der Waals surface area contributed by atoms with Crippen LogP contribution in [0.2, 0.25) is 0 Å². The number of carbonyl (C=O) groups excluding carboxylic acids is 2. The fourth-order valence-corrected chi connectivity index (χ4v) is 1.49. The van der Waals surface area contributed by atoms with Crippen molar-refractivity contribution in [2.75, 3.05) is 6.54 Å². The van der Waals surface area contributed by atoms with Crippen molar-refractivity contribution in [2.24, 2.45) is 5.92 Å². The van der Waals surface area contributed by atoms with Gasteiger partial charge >= 0.3 is 37.7 Å². The summed E-state index contributed by atoms with van der Waals surface area (Å²) < 4.78 is 0. The Morgan fingerprint density at radius 1 is 1.25 bits per heavy atom. The maximum absolute atomic E-state index is 11.2. The average molecular weight is 255 g/mol. The molecule has 0 aromatic heterocycles. The van der Waals surface area contributed by atoms with Gasteiger partial charge in [0.15, 0.2) is 0 Å². The van der Waals surface area contributed by atoms with Gasteiger partial charge in [0.1, 0.15) is 5.78 Å². The van der Waals surface area contributed by atoms with Gasteiger partial charge in [0, 0.05) is 6.54 Å². The quantitative estimate of drug-likeness (QED) is 0.526. The van der Waals surface area contributed by atoms with E-state index in [-0.39, 0.29) is 55.8 Å². The van der Waals surface area contributed by atoms with Crippen molar-refractivity contribution in [3.05, 3.63) is 0 Å². The molecule has 0 aliphatic carbocycles. The van der Waals surface area contributed by atoms with Crippen molar-refractivity contribution >= 4 is 49.4 Å². The molecule has 0 radical (unpaired) electrons. The molecule has 4 heteroatoms. The van der Waals surface area contributed by atoms with Gasteiger partial charge in [-0.1, -0.05) is 33.1 Å². The normalized spacial score (nSPS) is 11.4. The van der Waals surface area contributed by atoms with Gasteiger partial charge in [-0.2, -0.15) is 0 Å². The van der Waals surface area contributed by atoms with Crippen molar-refractivity contribution in [1.82, 2.24) is 5.32 Å². The number of hydrogen-bond donors (Lipinski definition) is 1. The van der Waals surface area contributed by atoms with Crippen LogP contribution < -0.4 is 5.32 Å². The number of nitrogens with one attached hydrogen (secondary N) is 1. The summed E-state index contributed by atoms with van der Waals surface area (Å²) in [5, 5.41) is 2.81. The molecule has 1 unspecified atom stereocenters. The SMILES string of the molecule is CCCCC(CC)CNC(=O)CC(C)=O.[CaH2]. The second-order valence-electron chi connectivity index (χ2n) is 4.10. The molecule has 0 rings (SSSR count). The number of hydrogen-bond acceptors (Lipinski definition) is 2. The van der Waals surface area contributed by atoms with Crippen molar-refractivity contribution in [3.8, 4) is 0 Å². The van der Waals surface area contributed by atoms with Crippen molar-refractivity contribution < 1.29 is 9.59 Å². The maximum atomic E-state index is 11.2. The van der Waals surface area contributed by atoms with Gasteiger partial charge in [-0.15, -0.1) is 0 Å². The Bertz CT molecular complexity index is 207. The predicted octanol–water partition coefficient (Wildman–Crippen LogP) is 1.38. The van der Waals surface area contributed by atoms with E-state index in [4.69, 9.17) is 0 Å². The Kier molecular flexibility index (Phi) is 13.9. The van der Waals surface area contributed by atoms with E-state index in [1.54, 1.807) is 0 Å². The number of unbranched alkanes of at least 4 members (excludes halogenated alkanes) is 1. The van der Waals surface area contributed by atoms with Gasteiger partial charge < -0.3 is 5.32 Å². The molecule has 0 bridgehead atoms. The molecule has 1 N–H and O–H groups in total. The Hall–Kier alpha value is 0.400. The van der Waals surface area contributed by atoms with E-state index >= 15 is 0 Å². The van der Waals surface area contributed by atoms with E-state index in [9.17, 15) is 9.59 Å². The van der Waals surface area contributed by atoms with Gasteiger partial charge in [0.2, 0.25) is 5.91 Å². The van der Waals surface area contributed by atoms with E-state index in [0.29, 0.717) is 12.5 Å². The molecule has 0 saturated heterocycles. The van der Waals surface area contributed by atoms with Gasteiger partial charge in [-0.25, -0.2) is 0 Å². The van der Waals surface area contributed by atoms with Crippen molar-refractivity contribution in [1.29, 1.82) is 0 Å². The van der Waals surface area contributed by atoms with Crippen LogP contribution in [-0.4, -0.2) is 56.0 Å². The molecule has 0 spiro atoms. The molecular weight excluding hydrogens is 230 g/mol. The number of ketones is 1. The second kappa shape index (κ2) is 11.9. The first-order valence-corrected chi connectivity index (χ1v) is 5.86. The third-order valence-electron chi connectivity index (χ3n) is 2.54. The molecule has 1 amide bonds. The topological polar surface area (TPSA) is 46.2 Å². The standard InChI is InChI=1S/C12H23NO2.Ca.2H/c1-4-6-7-11(5-2)9-13-12(15)8-10(3)14;;;/h11H,4-9H2,1-3H3,(H,13,15);;;. The summed E-state index contributed by atoms with van der Waals surface area (Å²) in [5.41, 5.74) is 0. The van der Waals surface area contributed by atoms with Crippen LogP contribution in [0.4, 0.5) is 0 Å². The van der Waals surface area contributed by atoms with Gasteiger partial charge in [0.25, 0.3) is 0 Å². The number of carbonyl (C=O) groups is 2. The molecule has 1 atom stereocenters. The first-order valence-electron chi connectivity index (χ1n) is 5.86. The minimum atomic E-state index is -0.141.